The van der Waals surface area contributed by atoms with E-state index in [1.54, 1.807) is 0 Å². The number of hydrogen-bond donors (Lipinski definition) is 1. The molecule has 0 aliphatic carbocycles. The smallest absolute Gasteiger partial charge is 0.222 e. The van der Waals surface area contributed by atoms with Crippen LogP contribution < -0.4 is 4.74 Å². The topological polar surface area (TPSA) is 58.2 Å². The number of benzene rings is 2. The van der Waals surface area contributed by atoms with Crippen molar-refractivity contribution in [3.63, 3.8) is 0 Å². The van der Waals surface area contributed by atoms with Crippen LogP contribution in [-0.4, -0.2) is 34.2 Å². The van der Waals surface area contributed by atoms with Crippen molar-refractivity contribution in [2.75, 3.05) is 13.2 Å². The Morgan fingerprint density at radius 1 is 1.33 bits per heavy atom. The van der Waals surface area contributed by atoms with Crippen LogP contribution in [0.25, 0.3) is 22.0 Å². The summed E-state index contributed by atoms with van der Waals surface area (Å²) in [5.74, 6) is 1.03. The summed E-state index contributed by atoms with van der Waals surface area (Å²) in [7, 11) is 0. The zero-order valence-electron chi connectivity index (χ0n) is 13.6. The van der Waals surface area contributed by atoms with E-state index in [1.165, 1.54) is 0 Å². The van der Waals surface area contributed by atoms with Gasteiger partial charge >= 0.3 is 0 Å². The monoisotopic (exact) mass is 321 g/mol. The highest BCUT2D eigenvalue weighted by molar-refractivity contribution is 5.94. The zero-order chi connectivity index (χ0) is 16.5. The van der Waals surface area contributed by atoms with Gasteiger partial charge in [-0.05, 0) is 29.3 Å². The Bertz CT molecular complexity index is 901. The molecular weight excluding hydrogens is 302 g/mol. The van der Waals surface area contributed by atoms with Crippen LogP contribution in [-0.2, 0) is 11.3 Å². The van der Waals surface area contributed by atoms with Gasteiger partial charge in [-0.3, -0.25) is 9.89 Å². The number of carbonyl (C=O) groups excluding carboxylic acids is 1. The molecule has 5 nitrogen and oxygen atoms in total. The zero-order valence-corrected chi connectivity index (χ0v) is 13.6. The summed E-state index contributed by atoms with van der Waals surface area (Å²) < 4.78 is 5.82. The highest BCUT2D eigenvalue weighted by Gasteiger charge is 2.19. The molecule has 3 aromatic rings. The van der Waals surface area contributed by atoms with Crippen molar-refractivity contribution in [3.8, 4) is 16.9 Å². The Morgan fingerprint density at radius 2 is 2.25 bits per heavy atom. The molecule has 0 saturated heterocycles. The number of fused-ring (bicyclic) bond motifs is 2. The SMILES string of the molecule is CCC(=O)N1CCOc2ccc(-c3cccc4[nH]ncc34)cc2C1. The Balaban J connectivity index is 1.76. The number of aromatic nitrogens is 2. The first-order chi connectivity index (χ1) is 11.8. The van der Waals surface area contributed by atoms with Crippen molar-refractivity contribution in [1.82, 2.24) is 15.1 Å². The van der Waals surface area contributed by atoms with E-state index >= 15 is 0 Å². The van der Waals surface area contributed by atoms with Crippen LogP contribution >= 0.6 is 0 Å². The summed E-state index contributed by atoms with van der Waals surface area (Å²) in [5, 5.41) is 8.23. The van der Waals surface area contributed by atoms with Gasteiger partial charge in [-0.1, -0.05) is 25.1 Å². The molecule has 0 radical (unpaired) electrons. The number of nitrogens with zero attached hydrogens (tertiary/aromatic N) is 2. The average Bonchev–Trinajstić information content (AvgIpc) is 2.99. The number of carbonyl (C=O) groups is 1. The van der Waals surface area contributed by atoms with E-state index in [0.717, 1.165) is 33.3 Å². The first-order valence-electron chi connectivity index (χ1n) is 8.22. The normalized spacial score (nSPS) is 14.1. The maximum atomic E-state index is 12.1. The van der Waals surface area contributed by atoms with Crippen LogP contribution in [0.1, 0.15) is 18.9 Å². The first-order valence-corrected chi connectivity index (χ1v) is 8.22. The predicted molar refractivity (Wildman–Crippen MR) is 92.7 cm³/mol. The minimum absolute atomic E-state index is 0.161. The summed E-state index contributed by atoms with van der Waals surface area (Å²) >= 11 is 0. The minimum Gasteiger partial charge on any atom is -0.491 e. The van der Waals surface area contributed by atoms with Crippen LogP contribution in [0.4, 0.5) is 0 Å². The third-order valence-corrected chi connectivity index (χ3v) is 4.49. The lowest BCUT2D eigenvalue weighted by Gasteiger charge is -2.19. The second kappa shape index (κ2) is 6.00. The average molecular weight is 321 g/mol. The molecule has 0 atom stereocenters. The van der Waals surface area contributed by atoms with Crippen molar-refractivity contribution in [1.29, 1.82) is 0 Å². The van der Waals surface area contributed by atoms with Gasteiger partial charge in [0, 0.05) is 23.9 Å². The number of hydrogen-bond acceptors (Lipinski definition) is 3. The van der Waals surface area contributed by atoms with Crippen molar-refractivity contribution in [3.05, 3.63) is 48.2 Å². The molecule has 1 aromatic heterocycles. The number of H-pyrrole nitrogens is 1. The van der Waals surface area contributed by atoms with E-state index in [2.05, 4.69) is 28.4 Å². The molecule has 0 unspecified atom stereocenters. The first kappa shape index (κ1) is 14.8. The Hall–Kier alpha value is -2.82. The Kier molecular flexibility index (Phi) is 3.69. The highest BCUT2D eigenvalue weighted by Crippen LogP contribution is 2.32. The van der Waals surface area contributed by atoms with E-state index in [4.69, 9.17) is 4.74 Å². The van der Waals surface area contributed by atoms with Gasteiger partial charge in [0.2, 0.25) is 5.91 Å². The standard InChI is InChI=1S/C19H19N3O2/c1-2-19(23)22-8-9-24-18-7-6-13(10-14(18)12-22)15-4-3-5-17-16(15)11-20-21-17/h3-7,10-11H,2,8-9,12H2,1H3,(H,20,21). The molecule has 122 valence electrons. The molecule has 2 aromatic carbocycles. The summed E-state index contributed by atoms with van der Waals surface area (Å²) in [6, 6.07) is 12.3. The summed E-state index contributed by atoms with van der Waals surface area (Å²) in [5.41, 5.74) is 4.30. The van der Waals surface area contributed by atoms with Gasteiger partial charge in [-0.2, -0.15) is 5.10 Å². The van der Waals surface area contributed by atoms with E-state index in [1.807, 2.05) is 36.2 Å². The number of amides is 1. The van der Waals surface area contributed by atoms with Gasteiger partial charge in [0.1, 0.15) is 12.4 Å². The van der Waals surface area contributed by atoms with Crippen LogP contribution in [0.5, 0.6) is 5.75 Å². The summed E-state index contributed by atoms with van der Waals surface area (Å²) in [6.07, 6.45) is 2.36. The maximum Gasteiger partial charge on any atom is 0.222 e. The molecule has 1 aliphatic rings. The van der Waals surface area contributed by atoms with Crippen LogP contribution in [0.3, 0.4) is 0 Å². The summed E-state index contributed by atoms with van der Waals surface area (Å²) in [4.78, 5) is 14.0. The van der Waals surface area contributed by atoms with Crippen molar-refractivity contribution in [2.24, 2.45) is 0 Å². The number of nitrogens with one attached hydrogen (secondary N) is 1. The van der Waals surface area contributed by atoms with Crippen molar-refractivity contribution in [2.45, 2.75) is 19.9 Å². The fraction of sp³-hybridized carbons (Fsp3) is 0.263. The lowest BCUT2D eigenvalue weighted by atomic mass is 9.99. The Labute approximate surface area is 140 Å². The number of aromatic amines is 1. The second-order valence-electron chi connectivity index (χ2n) is 5.98. The second-order valence-corrected chi connectivity index (χ2v) is 5.98. The molecule has 0 spiro atoms. The van der Waals surface area contributed by atoms with Gasteiger partial charge in [-0.25, -0.2) is 0 Å². The molecule has 24 heavy (non-hydrogen) atoms. The largest absolute Gasteiger partial charge is 0.491 e. The van der Waals surface area contributed by atoms with E-state index in [0.29, 0.717) is 26.1 Å². The number of ether oxygens (including phenoxy) is 1. The van der Waals surface area contributed by atoms with Gasteiger partial charge in [0.25, 0.3) is 0 Å². The molecule has 1 aliphatic heterocycles. The summed E-state index contributed by atoms with van der Waals surface area (Å²) in [6.45, 7) is 3.66. The lowest BCUT2D eigenvalue weighted by molar-refractivity contribution is -0.131. The molecule has 2 heterocycles. The highest BCUT2D eigenvalue weighted by atomic mass is 16.5. The molecule has 4 rings (SSSR count). The predicted octanol–water partition coefficient (Wildman–Crippen LogP) is 3.36. The lowest BCUT2D eigenvalue weighted by Crippen LogP contribution is -2.31. The molecular formula is C19H19N3O2. The van der Waals surface area contributed by atoms with Crippen molar-refractivity contribution < 1.29 is 9.53 Å². The molecule has 0 fully saturated rings. The minimum atomic E-state index is 0.161. The van der Waals surface area contributed by atoms with Crippen LogP contribution in [0, 0.1) is 0 Å². The van der Waals surface area contributed by atoms with Gasteiger partial charge < -0.3 is 9.64 Å². The van der Waals surface area contributed by atoms with Crippen LogP contribution in [0.15, 0.2) is 42.6 Å². The quantitative estimate of drug-likeness (QED) is 0.787. The van der Waals surface area contributed by atoms with Gasteiger partial charge in [0.05, 0.1) is 18.3 Å². The van der Waals surface area contributed by atoms with E-state index < -0.39 is 0 Å². The number of rotatable bonds is 2. The fourth-order valence-corrected chi connectivity index (χ4v) is 3.22. The Morgan fingerprint density at radius 3 is 3.12 bits per heavy atom. The maximum absolute atomic E-state index is 12.1. The molecule has 1 amide bonds. The molecule has 1 N–H and O–H groups in total. The van der Waals surface area contributed by atoms with Gasteiger partial charge in [-0.15, -0.1) is 0 Å². The van der Waals surface area contributed by atoms with Crippen molar-refractivity contribution >= 4 is 16.8 Å². The molecule has 0 saturated carbocycles. The van der Waals surface area contributed by atoms with E-state index in [-0.39, 0.29) is 5.91 Å². The van der Waals surface area contributed by atoms with E-state index in [9.17, 15) is 4.79 Å². The van der Waals surface area contributed by atoms with Crippen LogP contribution in [0.2, 0.25) is 0 Å². The fourth-order valence-electron chi connectivity index (χ4n) is 3.22. The third-order valence-electron chi connectivity index (χ3n) is 4.49. The molecule has 5 heteroatoms. The van der Waals surface area contributed by atoms with Gasteiger partial charge in [0.15, 0.2) is 0 Å². The molecule has 0 bridgehead atoms. The third kappa shape index (κ3) is 2.52.